The molecule has 0 saturated heterocycles. The fourth-order valence-corrected chi connectivity index (χ4v) is 1.56. The van der Waals surface area contributed by atoms with E-state index in [-0.39, 0.29) is 12.3 Å². The Labute approximate surface area is 112 Å². The molecular formula is C14H18O5. The Kier molecular flexibility index (Phi) is 5.36. The Bertz CT molecular complexity index is 436. The highest BCUT2D eigenvalue weighted by Crippen LogP contribution is 2.13. The first kappa shape index (κ1) is 15.0. The molecule has 1 unspecified atom stereocenters. The van der Waals surface area contributed by atoms with Gasteiger partial charge in [-0.1, -0.05) is 26.0 Å². The molecule has 0 bridgehead atoms. The number of hydrogen-bond donors (Lipinski definition) is 1. The molecule has 0 aromatic heterocycles. The third-order valence-corrected chi connectivity index (χ3v) is 2.61. The Morgan fingerprint density at radius 3 is 2.21 bits per heavy atom. The Morgan fingerprint density at radius 1 is 1.21 bits per heavy atom. The van der Waals surface area contributed by atoms with Crippen LogP contribution >= 0.6 is 0 Å². The van der Waals surface area contributed by atoms with Gasteiger partial charge in [-0.3, -0.25) is 4.79 Å². The number of ether oxygens (including phenoxy) is 2. The second-order valence-corrected chi connectivity index (χ2v) is 4.52. The number of carboxylic acid groups (broad SMARTS) is 1. The Hall–Kier alpha value is -2.04. The molecule has 1 atom stereocenters. The average Bonchev–Trinajstić information content (AvgIpc) is 2.36. The number of carbonyl (C=O) groups excluding carboxylic acids is 1. The number of carboxylic acids is 1. The summed E-state index contributed by atoms with van der Waals surface area (Å²) >= 11 is 0. The maximum absolute atomic E-state index is 11.7. The Balaban J connectivity index is 2.61. The van der Waals surface area contributed by atoms with E-state index >= 15 is 0 Å². The number of carbonyl (C=O) groups is 2. The molecule has 0 aliphatic heterocycles. The zero-order valence-electron chi connectivity index (χ0n) is 11.3. The summed E-state index contributed by atoms with van der Waals surface area (Å²) in [7, 11) is 1.56. The lowest BCUT2D eigenvalue weighted by atomic mass is 10.1. The van der Waals surface area contributed by atoms with Gasteiger partial charge in [-0.25, -0.2) is 4.79 Å². The first-order valence-electron chi connectivity index (χ1n) is 5.99. The van der Waals surface area contributed by atoms with Crippen LogP contribution in [0.4, 0.5) is 0 Å². The minimum Gasteiger partial charge on any atom is -0.497 e. The van der Waals surface area contributed by atoms with Crippen LogP contribution in [0.25, 0.3) is 0 Å². The summed E-state index contributed by atoms with van der Waals surface area (Å²) in [5, 5.41) is 8.93. The van der Waals surface area contributed by atoms with Crippen LogP contribution in [-0.4, -0.2) is 30.3 Å². The van der Waals surface area contributed by atoms with Gasteiger partial charge in [0.2, 0.25) is 6.10 Å². The zero-order valence-corrected chi connectivity index (χ0v) is 11.3. The molecule has 0 spiro atoms. The number of methoxy groups -OCH3 is 1. The molecule has 0 aliphatic carbocycles. The summed E-state index contributed by atoms with van der Waals surface area (Å²) in [6.45, 7) is 3.39. The lowest BCUT2D eigenvalue weighted by molar-refractivity contribution is -0.166. The van der Waals surface area contributed by atoms with Gasteiger partial charge in [-0.2, -0.15) is 0 Å². The van der Waals surface area contributed by atoms with E-state index in [0.29, 0.717) is 5.75 Å². The first-order valence-corrected chi connectivity index (χ1v) is 5.99. The monoisotopic (exact) mass is 266 g/mol. The largest absolute Gasteiger partial charge is 0.497 e. The summed E-state index contributed by atoms with van der Waals surface area (Å²) in [6, 6.07) is 6.95. The van der Waals surface area contributed by atoms with Crippen molar-refractivity contribution in [1.82, 2.24) is 0 Å². The standard InChI is InChI=1S/C14H18O5/c1-9(2)13(14(16)17)19-12(15)8-10-4-6-11(18-3)7-5-10/h4-7,9,13H,8H2,1-3H3,(H,16,17). The molecule has 0 radical (unpaired) electrons. The maximum atomic E-state index is 11.7. The SMILES string of the molecule is COc1ccc(CC(=O)OC(C(=O)O)C(C)C)cc1. The highest BCUT2D eigenvalue weighted by atomic mass is 16.6. The molecule has 1 N–H and O–H groups in total. The van der Waals surface area contributed by atoms with Gasteiger partial charge < -0.3 is 14.6 Å². The molecular weight excluding hydrogens is 248 g/mol. The van der Waals surface area contributed by atoms with E-state index in [1.54, 1.807) is 45.2 Å². The average molecular weight is 266 g/mol. The van der Waals surface area contributed by atoms with Crippen molar-refractivity contribution in [2.45, 2.75) is 26.4 Å². The van der Waals surface area contributed by atoms with Crippen molar-refractivity contribution in [2.24, 2.45) is 5.92 Å². The van der Waals surface area contributed by atoms with Crippen LogP contribution in [-0.2, 0) is 20.7 Å². The van der Waals surface area contributed by atoms with E-state index in [1.807, 2.05) is 0 Å². The van der Waals surface area contributed by atoms with E-state index < -0.39 is 18.0 Å². The van der Waals surface area contributed by atoms with Gasteiger partial charge in [0, 0.05) is 5.92 Å². The van der Waals surface area contributed by atoms with Crippen molar-refractivity contribution in [3.05, 3.63) is 29.8 Å². The van der Waals surface area contributed by atoms with Crippen molar-refractivity contribution in [3.8, 4) is 5.75 Å². The number of aliphatic carboxylic acids is 1. The lowest BCUT2D eigenvalue weighted by Crippen LogP contribution is -2.32. The van der Waals surface area contributed by atoms with Gasteiger partial charge in [-0.05, 0) is 17.7 Å². The summed E-state index contributed by atoms with van der Waals surface area (Å²) in [5.41, 5.74) is 0.749. The molecule has 0 fully saturated rings. The third-order valence-electron chi connectivity index (χ3n) is 2.61. The second-order valence-electron chi connectivity index (χ2n) is 4.52. The van der Waals surface area contributed by atoms with E-state index in [2.05, 4.69) is 0 Å². The molecule has 0 heterocycles. The predicted octanol–water partition coefficient (Wildman–Crippen LogP) is 1.89. The van der Waals surface area contributed by atoms with Crippen LogP contribution in [0.2, 0.25) is 0 Å². The maximum Gasteiger partial charge on any atom is 0.345 e. The number of benzene rings is 1. The summed E-state index contributed by atoms with van der Waals surface area (Å²) in [6.07, 6.45) is -1.06. The zero-order chi connectivity index (χ0) is 14.4. The third kappa shape index (κ3) is 4.62. The Morgan fingerprint density at radius 2 is 1.79 bits per heavy atom. The van der Waals surface area contributed by atoms with Gasteiger partial charge in [0.05, 0.1) is 13.5 Å². The molecule has 19 heavy (non-hydrogen) atoms. The minimum atomic E-state index is -1.13. The molecule has 0 aliphatic rings. The highest BCUT2D eigenvalue weighted by Gasteiger charge is 2.25. The van der Waals surface area contributed by atoms with Crippen LogP contribution in [0.5, 0.6) is 5.75 Å². The number of rotatable bonds is 6. The summed E-state index contributed by atoms with van der Waals surface area (Å²) in [4.78, 5) is 22.6. The molecule has 0 amide bonds. The van der Waals surface area contributed by atoms with Crippen LogP contribution in [0.1, 0.15) is 19.4 Å². The highest BCUT2D eigenvalue weighted by molar-refractivity contribution is 5.79. The summed E-state index contributed by atoms with van der Waals surface area (Å²) in [5.74, 6) is -1.25. The van der Waals surface area contributed by atoms with Crippen molar-refractivity contribution in [1.29, 1.82) is 0 Å². The van der Waals surface area contributed by atoms with Gasteiger partial charge in [-0.15, -0.1) is 0 Å². The van der Waals surface area contributed by atoms with Crippen LogP contribution in [0, 0.1) is 5.92 Å². The van der Waals surface area contributed by atoms with Crippen LogP contribution in [0.3, 0.4) is 0 Å². The van der Waals surface area contributed by atoms with E-state index in [1.165, 1.54) is 0 Å². The molecule has 1 aromatic rings. The molecule has 5 heteroatoms. The minimum absolute atomic E-state index is 0.0422. The predicted molar refractivity (Wildman–Crippen MR) is 69.1 cm³/mol. The lowest BCUT2D eigenvalue weighted by Gasteiger charge is -2.16. The molecule has 104 valence electrons. The fourth-order valence-electron chi connectivity index (χ4n) is 1.56. The van der Waals surface area contributed by atoms with Gasteiger partial charge in [0.25, 0.3) is 0 Å². The van der Waals surface area contributed by atoms with Crippen LogP contribution < -0.4 is 4.74 Å². The number of hydrogen-bond acceptors (Lipinski definition) is 4. The van der Waals surface area contributed by atoms with Crippen molar-refractivity contribution in [2.75, 3.05) is 7.11 Å². The van der Waals surface area contributed by atoms with Gasteiger partial charge >= 0.3 is 11.9 Å². The van der Waals surface area contributed by atoms with Crippen molar-refractivity contribution in [3.63, 3.8) is 0 Å². The second kappa shape index (κ2) is 6.78. The van der Waals surface area contributed by atoms with E-state index in [0.717, 1.165) is 5.56 Å². The van der Waals surface area contributed by atoms with Gasteiger partial charge in [0.1, 0.15) is 5.75 Å². The molecule has 0 saturated carbocycles. The van der Waals surface area contributed by atoms with Crippen molar-refractivity contribution >= 4 is 11.9 Å². The van der Waals surface area contributed by atoms with E-state index in [9.17, 15) is 9.59 Å². The number of esters is 1. The fraction of sp³-hybridized carbons (Fsp3) is 0.429. The quantitative estimate of drug-likeness (QED) is 0.796. The van der Waals surface area contributed by atoms with Crippen LogP contribution in [0.15, 0.2) is 24.3 Å². The molecule has 1 rings (SSSR count). The normalized spacial score (nSPS) is 12.0. The van der Waals surface area contributed by atoms with Gasteiger partial charge in [0.15, 0.2) is 0 Å². The van der Waals surface area contributed by atoms with Crippen molar-refractivity contribution < 1.29 is 24.2 Å². The topological polar surface area (TPSA) is 72.8 Å². The smallest absolute Gasteiger partial charge is 0.345 e. The van der Waals surface area contributed by atoms with E-state index in [4.69, 9.17) is 14.6 Å². The first-order chi connectivity index (χ1) is 8.93. The summed E-state index contributed by atoms with van der Waals surface area (Å²) < 4.78 is 9.97. The molecule has 5 nitrogen and oxygen atoms in total. The molecule has 1 aromatic carbocycles.